The van der Waals surface area contributed by atoms with Gasteiger partial charge in [-0.1, -0.05) is 6.92 Å². The summed E-state index contributed by atoms with van der Waals surface area (Å²) in [5, 5.41) is 2.62. The van der Waals surface area contributed by atoms with Gasteiger partial charge in [-0.2, -0.15) is 0 Å². The predicted octanol–water partition coefficient (Wildman–Crippen LogP) is -0.108. The van der Waals surface area contributed by atoms with Crippen molar-refractivity contribution in [3.8, 4) is 0 Å². The van der Waals surface area contributed by atoms with Gasteiger partial charge in [-0.25, -0.2) is 12.7 Å². The number of hydrogen-bond acceptors (Lipinski definition) is 4. The second-order valence-corrected chi connectivity index (χ2v) is 5.94. The predicted molar refractivity (Wildman–Crippen MR) is 61.4 cm³/mol. The number of sulfonamides is 1. The molecule has 0 radical (unpaired) electrons. The molecule has 0 heterocycles. The Morgan fingerprint density at radius 2 is 2.07 bits per heavy atom. The standard InChI is InChI=1S/C9H22N2O3S/c1-5-10-8-9(2)15(12,13)11(3)6-7-14-4/h9-10H,5-8H2,1-4H3. The molecule has 0 amide bonds. The topological polar surface area (TPSA) is 58.6 Å². The van der Waals surface area contributed by atoms with Gasteiger partial charge in [0.15, 0.2) is 0 Å². The van der Waals surface area contributed by atoms with Crippen LogP contribution in [0, 0.1) is 0 Å². The number of rotatable bonds is 8. The van der Waals surface area contributed by atoms with Gasteiger partial charge in [0, 0.05) is 27.2 Å². The summed E-state index contributed by atoms with van der Waals surface area (Å²) in [6.45, 7) is 5.74. The van der Waals surface area contributed by atoms with Crippen LogP contribution < -0.4 is 5.32 Å². The van der Waals surface area contributed by atoms with Crippen LogP contribution in [0.3, 0.4) is 0 Å². The van der Waals surface area contributed by atoms with Gasteiger partial charge in [0.2, 0.25) is 10.0 Å². The summed E-state index contributed by atoms with van der Waals surface area (Å²) in [5.74, 6) is 0. The number of hydrogen-bond donors (Lipinski definition) is 1. The zero-order valence-electron chi connectivity index (χ0n) is 9.99. The summed E-state index contributed by atoms with van der Waals surface area (Å²) in [7, 11) is -0.0544. The SMILES string of the molecule is CCNCC(C)S(=O)(=O)N(C)CCOC. The summed E-state index contributed by atoms with van der Waals surface area (Å²) in [5.41, 5.74) is 0. The van der Waals surface area contributed by atoms with Gasteiger partial charge in [-0.15, -0.1) is 0 Å². The van der Waals surface area contributed by atoms with Crippen molar-refractivity contribution in [3.63, 3.8) is 0 Å². The van der Waals surface area contributed by atoms with Crippen LogP contribution in [-0.4, -0.2) is 58.4 Å². The van der Waals surface area contributed by atoms with Crippen molar-refractivity contribution in [1.82, 2.24) is 9.62 Å². The van der Waals surface area contributed by atoms with Crippen molar-refractivity contribution in [2.45, 2.75) is 19.1 Å². The van der Waals surface area contributed by atoms with E-state index in [2.05, 4.69) is 5.32 Å². The van der Waals surface area contributed by atoms with Crippen LogP contribution >= 0.6 is 0 Å². The highest BCUT2D eigenvalue weighted by Gasteiger charge is 2.24. The molecule has 0 rings (SSSR count). The van der Waals surface area contributed by atoms with Crippen LogP contribution in [0.5, 0.6) is 0 Å². The van der Waals surface area contributed by atoms with Crippen LogP contribution in [0.25, 0.3) is 0 Å². The highest BCUT2D eigenvalue weighted by atomic mass is 32.2. The lowest BCUT2D eigenvalue weighted by Crippen LogP contribution is -2.41. The number of ether oxygens (including phenoxy) is 1. The minimum atomic E-state index is -3.19. The number of nitrogens with zero attached hydrogens (tertiary/aromatic N) is 1. The highest BCUT2D eigenvalue weighted by molar-refractivity contribution is 7.89. The van der Waals surface area contributed by atoms with E-state index in [0.717, 1.165) is 6.54 Å². The lowest BCUT2D eigenvalue weighted by Gasteiger charge is -2.21. The smallest absolute Gasteiger partial charge is 0.217 e. The van der Waals surface area contributed by atoms with E-state index in [4.69, 9.17) is 4.74 Å². The van der Waals surface area contributed by atoms with E-state index in [1.165, 1.54) is 4.31 Å². The van der Waals surface area contributed by atoms with Gasteiger partial charge < -0.3 is 10.1 Å². The second-order valence-electron chi connectivity index (χ2n) is 3.48. The maximum atomic E-state index is 11.9. The summed E-state index contributed by atoms with van der Waals surface area (Å²) < 4.78 is 29.9. The minimum Gasteiger partial charge on any atom is -0.383 e. The average Bonchev–Trinajstić information content (AvgIpc) is 2.21. The molecule has 0 aromatic rings. The Hall–Kier alpha value is -0.170. The first-order valence-electron chi connectivity index (χ1n) is 5.11. The number of likely N-dealkylation sites (N-methyl/N-ethyl adjacent to an activating group) is 1. The number of methoxy groups -OCH3 is 1. The number of nitrogens with one attached hydrogen (secondary N) is 1. The summed E-state index contributed by atoms with van der Waals surface area (Å²) in [6, 6.07) is 0. The van der Waals surface area contributed by atoms with Gasteiger partial charge in [0.05, 0.1) is 11.9 Å². The molecule has 6 heteroatoms. The van der Waals surface area contributed by atoms with Gasteiger partial charge in [-0.3, -0.25) is 0 Å². The Morgan fingerprint density at radius 1 is 1.47 bits per heavy atom. The summed E-state index contributed by atoms with van der Waals surface area (Å²) in [6.07, 6.45) is 0. The molecule has 0 aromatic carbocycles. The van der Waals surface area contributed by atoms with Crippen LogP contribution in [-0.2, 0) is 14.8 Å². The highest BCUT2D eigenvalue weighted by Crippen LogP contribution is 2.05. The van der Waals surface area contributed by atoms with Crippen molar-refractivity contribution < 1.29 is 13.2 Å². The second kappa shape index (κ2) is 7.16. The van der Waals surface area contributed by atoms with Crippen LogP contribution in [0.2, 0.25) is 0 Å². The monoisotopic (exact) mass is 238 g/mol. The van der Waals surface area contributed by atoms with Crippen LogP contribution in [0.4, 0.5) is 0 Å². The van der Waals surface area contributed by atoms with E-state index in [1.807, 2.05) is 6.92 Å². The Bertz CT molecular complexity index is 234. The zero-order chi connectivity index (χ0) is 11.9. The molecule has 0 spiro atoms. The van der Waals surface area contributed by atoms with Crippen molar-refractivity contribution in [1.29, 1.82) is 0 Å². The minimum absolute atomic E-state index is 0.398. The maximum Gasteiger partial charge on any atom is 0.217 e. The lowest BCUT2D eigenvalue weighted by atomic mass is 10.5. The van der Waals surface area contributed by atoms with Crippen molar-refractivity contribution in [2.24, 2.45) is 0 Å². The van der Waals surface area contributed by atoms with E-state index >= 15 is 0 Å². The Morgan fingerprint density at radius 3 is 2.53 bits per heavy atom. The summed E-state index contributed by atoms with van der Waals surface area (Å²) >= 11 is 0. The molecule has 0 bridgehead atoms. The quantitative estimate of drug-likeness (QED) is 0.641. The lowest BCUT2D eigenvalue weighted by molar-refractivity contribution is 0.184. The molecule has 0 aromatic heterocycles. The largest absolute Gasteiger partial charge is 0.383 e. The van der Waals surface area contributed by atoms with E-state index < -0.39 is 15.3 Å². The van der Waals surface area contributed by atoms with E-state index in [1.54, 1.807) is 21.1 Å². The molecule has 0 saturated heterocycles. The van der Waals surface area contributed by atoms with Crippen molar-refractivity contribution >= 4 is 10.0 Å². The fraction of sp³-hybridized carbons (Fsp3) is 1.00. The molecule has 0 aliphatic carbocycles. The van der Waals surface area contributed by atoms with E-state index in [0.29, 0.717) is 19.7 Å². The molecule has 1 atom stereocenters. The van der Waals surface area contributed by atoms with Crippen molar-refractivity contribution in [2.75, 3.05) is 40.4 Å². The van der Waals surface area contributed by atoms with Gasteiger partial charge in [0.1, 0.15) is 0 Å². The third kappa shape index (κ3) is 4.92. The van der Waals surface area contributed by atoms with Crippen LogP contribution in [0.15, 0.2) is 0 Å². The molecule has 15 heavy (non-hydrogen) atoms. The van der Waals surface area contributed by atoms with Gasteiger partial charge in [-0.05, 0) is 13.5 Å². The van der Waals surface area contributed by atoms with Gasteiger partial charge >= 0.3 is 0 Å². The zero-order valence-corrected chi connectivity index (χ0v) is 10.8. The third-order valence-electron chi connectivity index (χ3n) is 2.24. The fourth-order valence-electron chi connectivity index (χ4n) is 1.11. The molecular formula is C9H22N2O3S. The fourth-order valence-corrected chi connectivity index (χ4v) is 2.38. The molecule has 5 nitrogen and oxygen atoms in total. The molecule has 1 N–H and O–H groups in total. The first-order chi connectivity index (χ1) is 6.96. The summed E-state index contributed by atoms with van der Waals surface area (Å²) in [4.78, 5) is 0. The normalized spacial score (nSPS) is 14.5. The third-order valence-corrected chi connectivity index (χ3v) is 4.47. The van der Waals surface area contributed by atoms with E-state index in [9.17, 15) is 8.42 Å². The first kappa shape index (κ1) is 14.8. The van der Waals surface area contributed by atoms with Crippen LogP contribution in [0.1, 0.15) is 13.8 Å². The molecule has 1 unspecified atom stereocenters. The molecular weight excluding hydrogens is 216 g/mol. The molecule has 92 valence electrons. The molecule has 0 aliphatic rings. The Labute approximate surface area is 92.8 Å². The average molecular weight is 238 g/mol. The Kier molecular flexibility index (Phi) is 7.08. The van der Waals surface area contributed by atoms with Gasteiger partial charge in [0.25, 0.3) is 0 Å². The molecule has 0 fully saturated rings. The first-order valence-corrected chi connectivity index (χ1v) is 6.62. The maximum absolute atomic E-state index is 11.9. The molecule has 0 saturated carbocycles. The van der Waals surface area contributed by atoms with Crippen molar-refractivity contribution in [3.05, 3.63) is 0 Å². The Balaban J connectivity index is 4.25. The van der Waals surface area contributed by atoms with E-state index in [-0.39, 0.29) is 0 Å². The molecule has 0 aliphatic heterocycles.